The lowest BCUT2D eigenvalue weighted by atomic mass is 9.95. The summed E-state index contributed by atoms with van der Waals surface area (Å²) < 4.78 is 11.9. The van der Waals surface area contributed by atoms with Crippen molar-refractivity contribution < 1.29 is 14.3 Å². The van der Waals surface area contributed by atoms with Gasteiger partial charge in [0.25, 0.3) is 5.91 Å². The normalized spacial score (nSPS) is 23.2. The number of rotatable bonds is 8. The Balaban J connectivity index is 1.06. The van der Waals surface area contributed by atoms with E-state index in [0.717, 1.165) is 59.5 Å². The average molecular weight is 585 g/mol. The predicted molar refractivity (Wildman–Crippen MR) is 165 cm³/mol. The van der Waals surface area contributed by atoms with Crippen LogP contribution in [0.3, 0.4) is 0 Å². The first-order valence-electron chi connectivity index (χ1n) is 15.1. The minimum atomic E-state index is -0.201. The highest BCUT2D eigenvalue weighted by Gasteiger charge is 2.46. The second-order valence-corrected chi connectivity index (χ2v) is 12.7. The number of hydrogen-bond acceptors (Lipinski definition) is 5. The number of halogens is 1. The van der Waals surface area contributed by atoms with Crippen molar-refractivity contribution in [2.24, 2.45) is 5.92 Å². The molecule has 7 rings (SSSR count). The number of nitrogens with one attached hydrogen (secondary N) is 2. The molecule has 3 aliphatic rings. The Hall–Kier alpha value is -3.39. The molecular weight excluding hydrogens is 548 g/mol. The fourth-order valence-electron chi connectivity index (χ4n) is 7.07. The number of aromatic nitrogens is 2. The van der Waals surface area contributed by atoms with Crippen LogP contribution < -0.4 is 10.1 Å². The first kappa shape index (κ1) is 27.4. The molecule has 0 radical (unpaired) electrons. The summed E-state index contributed by atoms with van der Waals surface area (Å²) in [6, 6.07) is 23.1. The summed E-state index contributed by atoms with van der Waals surface area (Å²) in [5.74, 6) is 0.918. The Morgan fingerprint density at radius 1 is 1.02 bits per heavy atom. The quantitative estimate of drug-likeness (QED) is 0.238. The molecule has 2 bridgehead atoms. The molecule has 3 aliphatic heterocycles. The highest BCUT2D eigenvalue weighted by atomic mass is 35.5. The van der Waals surface area contributed by atoms with E-state index >= 15 is 0 Å². The second kappa shape index (κ2) is 11.4. The number of H-pyrrole nitrogens is 1. The monoisotopic (exact) mass is 584 g/mol. The van der Waals surface area contributed by atoms with Crippen LogP contribution in [0.1, 0.15) is 61.5 Å². The summed E-state index contributed by atoms with van der Waals surface area (Å²) >= 11 is 6.47. The summed E-state index contributed by atoms with van der Waals surface area (Å²) in [4.78, 5) is 16.1. The third-order valence-electron chi connectivity index (χ3n) is 9.24. The lowest BCUT2D eigenvalue weighted by Gasteiger charge is -2.46. The number of carbonyl (C=O) groups is 1. The molecule has 8 heteroatoms. The number of aromatic amines is 1. The molecule has 2 N–H and O–H groups in total. The van der Waals surface area contributed by atoms with Gasteiger partial charge in [0.15, 0.2) is 0 Å². The maximum Gasteiger partial charge on any atom is 0.251 e. The van der Waals surface area contributed by atoms with E-state index in [2.05, 4.69) is 46.4 Å². The number of nitrogens with zero attached hydrogens (tertiary/aromatic N) is 2. The van der Waals surface area contributed by atoms with Gasteiger partial charge in [0.05, 0.1) is 36.5 Å². The summed E-state index contributed by atoms with van der Waals surface area (Å²) in [6.45, 7) is 5.93. The van der Waals surface area contributed by atoms with Crippen LogP contribution in [0, 0.1) is 5.92 Å². The molecule has 4 heterocycles. The lowest BCUT2D eigenvalue weighted by molar-refractivity contribution is -0.102. The van der Waals surface area contributed by atoms with Gasteiger partial charge in [0.1, 0.15) is 11.9 Å². The fraction of sp³-hybridized carbons (Fsp3) is 0.412. The molecule has 0 aliphatic carbocycles. The zero-order valence-corrected chi connectivity index (χ0v) is 24.8. The van der Waals surface area contributed by atoms with Gasteiger partial charge in [-0.3, -0.25) is 14.8 Å². The third kappa shape index (κ3) is 5.19. The van der Waals surface area contributed by atoms with E-state index in [0.29, 0.717) is 28.7 Å². The van der Waals surface area contributed by atoms with Gasteiger partial charge in [-0.1, -0.05) is 43.6 Å². The fourth-order valence-corrected chi connectivity index (χ4v) is 7.32. The van der Waals surface area contributed by atoms with E-state index < -0.39 is 0 Å². The van der Waals surface area contributed by atoms with Crippen LogP contribution in [0.5, 0.6) is 5.75 Å². The molecule has 1 aromatic heterocycles. The van der Waals surface area contributed by atoms with Crippen molar-refractivity contribution in [1.82, 2.24) is 20.4 Å². The molecule has 3 saturated heterocycles. The lowest BCUT2D eigenvalue weighted by Crippen LogP contribution is -2.57. The molecule has 4 aromatic rings. The Morgan fingerprint density at radius 2 is 1.76 bits per heavy atom. The Bertz CT molecular complexity index is 1570. The van der Waals surface area contributed by atoms with Gasteiger partial charge >= 0.3 is 0 Å². The number of benzene rings is 3. The predicted octanol–water partition coefficient (Wildman–Crippen LogP) is 6.78. The number of piperidine rings is 1. The molecule has 7 nitrogen and oxygen atoms in total. The summed E-state index contributed by atoms with van der Waals surface area (Å²) in [7, 11) is 0. The first-order valence-corrected chi connectivity index (χ1v) is 15.5. The third-order valence-corrected chi connectivity index (χ3v) is 9.58. The second-order valence-electron chi connectivity index (χ2n) is 12.3. The van der Waals surface area contributed by atoms with Crippen LogP contribution >= 0.6 is 11.6 Å². The molecule has 218 valence electrons. The van der Waals surface area contributed by atoms with Gasteiger partial charge in [0, 0.05) is 33.6 Å². The van der Waals surface area contributed by atoms with Gasteiger partial charge in [-0.25, -0.2) is 0 Å². The van der Waals surface area contributed by atoms with E-state index in [1.165, 1.54) is 12.8 Å². The Labute approximate surface area is 251 Å². The molecule has 1 unspecified atom stereocenters. The van der Waals surface area contributed by atoms with Gasteiger partial charge in [-0.15, -0.1) is 0 Å². The first-order chi connectivity index (χ1) is 20.4. The number of fused-ring (bicyclic) bond motifs is 3. The van der Waals surface area contributed by atoms with E-state index in [9.17, 15) is 4.79 Å². The number of amides is 1. The standard InChI is InChI=1S/C34H37ClN4O3/c1-20(2)32(28-5-3-4-6-30(28)35)36-34(40)22-9-14-31-29(15-22)33(38-37-31)21-7-12-26(13-8-21)42-27-16-23-10-11-24(17-27)39(23)25-18-41-19-25/h3-9,12-15,20,23-25,27,32H,10-11,16-19H2,1-2H3,(H,36,40)(H,37,38)/t23-,24+,27+,32?. The maximum atomic E-state index is 13.4. The minimum absolute atomic E-state index is 0.142. The summed E-state index contributed by atoms with van der Waals surface area (Å²) in [6.07, 6.45) is 4.95. The molecule has 3 fully saturated rings. The van der Waals surface area contributed by atoms with E-state index in [1.54, 1.807) is 0 Å². The van der Waals surface area contributed by atoms with Crippen molar-refractivity contribution in [1.29, 1.82) is 0 Å². The van der Waals surface area contributed by atoms with E-state index in [1.807, 2.05) is 54.6 Å². The maximum absolute atomic E-state index is 13.4. The topological polar surface area (TPSA) is 79.5 Å². The van der Waals surface area contributed by atoms with E-state index in [4.69, 9.17) is 21.1 Å². The van der Waals surface area contributed by atoms with Gasteiger partial charge < -0.3 is 14.8 Å². The van der Waals surface area contributed by atoms with Crippen molar-refractivity contribution in [3.05, 3.63) is 82.9 Å². The van der Waals surface area contributed by atoms with Crippen molar-refractivity contribution in [3.8, 4) is 17.0 Å². The molecule has 1 amide bonds. The van der Waals surface area contributed by atoms with Crippen LogP contribution in [0.4, 0.5) is 0 Å². The number of ether oxygens (including phenoxy) is 2. The van der Waals surface area contributed by atoms with Crippen LogP contribution in [0.25, 0.3) is 22.2 Å². The zero-order chi connectivity index (χ0) is 28.8. The smallest absolute Gasteiger partial charge is 0.251 e. The molecular formula is C34H37ClN4O3. The van der Waals surface area contributed by atoms with Crippen LogP contribution in [0.15, 0.2) is 66.7 Å². The SMILES string of the molecule is CC(C)C(NC(=O)c1ccc2[nH]nc(-c3ccc(O[C@H]4C[C@H]5CC[C@@H](C4)N5C4COC4)cc3)c2c1)c1ccccc1Cl. The summed E-state index contributed by atoms with van der Waals surface area (Å²) in [5.41, 5.74) is 4.17. The van der Waals surface area contributed by atoms with Gasteiger partial charge in [-0.2, -0.15) is 5.10 Å². The molecule has 42 heavy (non-hydrogen) atoms. The van der Waals surface area contributed by atoms with Crippen LogP contribution in [-0.4, -0.2) is 58.4 Å². The summed E-state index contributed by atoms with van der Waals surface area (Å²) in [5, 5.41) is 12.5. The molecule has 0 saturated carbocycles. The van der Waals surface area contributed by atoms with E-state index in [-0.39, 0.29) is 24.0 Å². The molecule has 3 aromatic carbocycles. The van der Waals surface area contributed by atoms with Crippen molar-refractivity contribution in [2.45, 2.75) is 69.8 Å². The van der Waals surface area contributed by atoms with Gasteiger partial charge in [-0.05, 0) is 85.7 Å². The van der Waals surface area contributed by atoms with Crippen molar-refractivity contribution >= 4 is 28.4 Å². The highest BCUT2D eigenvalue weighted by Crippen LogP contribution is 2.40. The number of carbonyl (C=O) groups excluding carboxylic acids is 1. The van der Waals surface area contributed by atoms with Gasteiger partial charge in [0.2, 0.25) is 0 Å². The van der Waals surface area contributed by atoms with Crippen molar-refractivity contribution in [2.75, 3.05) is 13.2 Å². The van der Waals surface area contributed by atoms with Crippen molar-refractivity contribution in [3.63, 3.8) is 0 Å². The minimum Gasteiger partial charge on any atom is -0.490 e. The number of hydrogen-bond donors (Lipinski definition) is 2. The zero-order valence-electron chi connectivity index (χ0n) is 24.1. The van der Waals surface area contributed by atoms with Crippen LogP contribution in [-0.2, 0) is 4.74 Å². The average Bonchev–Trinajstić information content (AvgIpc) is 3.48. The van der Waals surface area contributed by atoms with Crippen LogP contribution in [0.2, 0.25) is 5.02 Å². The Kier molecular flexibility index (Phi) is 7.42. The molecule has 4 atom stereocenters. The molecule has 0 spiro atoms. The largest absolute Gasteiger partial charge is 0.490 e. The Morgan fingerprint density at radius 3 is 2.43 bits per heavy atom. The highest BCUT2D eigenvalue weighted by molar-refractivity contribution is 6.31.